The van der Waals surface area contributed by atoms with Crippen molar-refractivity contribution in [1.82, 2.24) is 5.32 Å². The largest absolute Gasteiger partial charge is 0.491 e. The number of carbonyl (C=O) groups is 1. The van der Waals surface area contributed by atoms with Crippen molar-refractivity contribution < 1.29 is 9.53 Å². The van der Waals surface area contributed by atoms with Crippen molar-refractivity contribution >= 4 is 11.6 Å². The number of fused-ring (bicyclic) bond motifs is 1. The van der Waals surface area contributed by atoms with Crippen LogP contribution in [0.3, 0.4) is 0 Å². The van der Waals surface area contributed by atoms with Gasteiger partial charge >= 0.3 is 0 Å². The molecule has 1 N–H and O–H groups in total. The smallest absolute Gasteiger partial charge is 0.230 e. The van der Waals surface area contributed by atoms with E-state index in [4.69, 9.17) is 4.74 Å². The van der Waals surface area contributed by atoms with Crippen LogP contribution in [0.2, 0.25) is 0 Å². The van der Waals surface area contributed by atoms with E-state index in [-0.39, 0.29) is 17.4 Å². The van der Waals surface area contributed by atoms with Crippen LogP contribution in [0, 0.1) is 5.41 Å². The van der Waals surface area contributed by atoms with Crippen LogP contribution < -0.4 is 15.0 Å². The summed E-state index contributed by atoms with van der Waals surface area (Å²) in [6.07, 6.45) is 0.428. The Labute approximate surface area is 127 Å². The number of nitrogens with one attached hydrogen (secondary N) is 1. The predicted molar refractivity (Wildman–Crippen MR) is 85.8 cm³/mol. The van der Waals surface area contributed by atoms with Crippen LogP contribution in [0.25, 0.3) is 0 Å². The maximum Gasteiger partial charge on any atom is 0.230 e. The minimum absolute atomic E-state index is 0.0817. The summed E-state index contributed by atoms with van der Waals surface area (Å²) in [5.74, 6) is 0.930. The van der Waals surface area contributed by atoms with Gasteiger partial charge in [-0.1, -0.05) is 39.8 Å². The molecule has 1 unspecified atom stereocenters. The molecule has 0 aromatic heterocycles. The Balaban J connectivity index is 2.29. The standard InChI is InChI=1S/C17H26N2O2/c1-5-18-15(17(2,3)4)12-19-13-8-6-7-9-14(13)21-11-10-16(19)20/h6-9,15,18H,5,10-12H2,1-4H3. The molecule has 0 saturated heterocycles. The molecule has 1 aliphatic heterocycles. The zero-order chi connectivity index (χ0) is 15.5. The van der Waals surface area contributed by atoms with E-state index in [0.29, 0.717) is 19.6 Å². The lowest BCUT2D eigenvalue weighted by molar-refractivity contribution is -0.118. The number of hydrogen-bond acceptors (Lipinski definition) is 3. The Morgan fingerprint density at radius 1 is 1.33 bits per heavy atom. The fourth-order valence-corrected chi connectivity index (χ4v) is 2.59. The summed E-state index contributed by atoms with van der Waals surface area (Å²) in [6.45, 7) is 10.7. The van der Waals surface area contributed by atoms with Crippen molar-refractivity contribution in [2.75, 3.05) is 24.6 Å². The van der Waals surface area contributed by atoms with Crippen molar-refractivity contribution in [3.05, 3.63) is 24.3 Å². The van der Waals surface area contributed by atoms with Crippen molar-refractivity contribution in [3.63, 3.8) is 0 Å². The number of anilines is 1. The van der Waals surface area contributed by atoms with E-state index in [1.54, 1.807) is 0 Å². The molecule has 0 fully saturated rings. The first-order valence-corrected chi connectivity index (χ1v) is 7.69. The summed E-state index contributed by atoms with van der Waals surface area (Å²) in [5.41, 5.74) is 0.963. The maximum atomic E-state index is 12.5. The minimum atomic E-state index is 0.0817. The van der Waals surface area contributed by atoms with Gasteiger partial charge in [0.15, 0.2) is 0 Å². The third kappa shape index (κ3) is 3.76. The zero-order valence-corrected chi connectivity index (χ0v) is 13.5. The molecule has 0 bridgehead atoms. The molecule has 1 aliphatic rings. The molecular weight excluding hydrogens is 264 g/mol. The van der Waals surface area contributed by atoms with Gasteiger partial charge in [-0.2, -0.15) is 0 Å². The zero-order valence-electron chi connectivity index (χ0n) is 13.5. The number of ether oxygens (including phenoxy) is 1. The number of rotatable bonds is 4. The Morgan fingerprint density at radius 3 is 2.71 bits per heavy atom. The SMILES string of the molecule is CCNC(CN1C(=O)CCOc2ccccc21)C(C)(C)C. The molecule has 4 nitrogen and oxygen atoms in total. The lowest BCUT2D eigenvalue weighted by Crippen LogP contribution is -2.50. The second-order valence-corrected chi connectivity index (χ2v) is 6.55. The third-order valence-corrected chi connectivity index (χ3v) is 3.89. The van der Waals surface area contributed by atoms with Crippen LogP contribution in [0.1, 0.15) is 34.1 Å². The van der Waals surface area contributed by atoms with Crippen LogP contribution in [0.5, 0.6) is 5.75 Å². The molecule has 0 spiro atoms. The van der Waals surface area contributed by atoms with E-state index in [2.05, 4.69) is 33.0 Å². The van der Waals surface area contributed by atoms with Crippen molar-refractivity contribution in [2.45, 2.75) is 40.2 Å². The van der Waals surface area contributed by atoms with Gasteiger partial charge in [0.2, 0.25) is 5.91 Å². The number of amides is 1. The second kappa shape index (κ2) is 6.48. The molecule has 1 atom stereocenters. The summed E-state index contributed by atoms with van der Waals surface area (Å²) in [4.78, 5) is 14.3. The van der Waals surface area contributed by atoms with Crippen LogP contribution in [0.15, 0.2) is 24.3 Å². The van der Waals surface area contributed by atoms with Gasteiger partial charge in [-0.15, -0.1) is 0 Å². The quantitative estimate of drug-likeness (QED) is 0.927. The third-order valence-electron chi connectivity index (χ3n) is 3.89. The molecule has 1 heterocycles. The summed E-state index contributed by atoms with van der Waals surface area (Å²) < 4.78 is 5.69. The summed E-state index contributed by atoms with van der Waals surface area (Å²) in [5, 5.41) is 3.51. The molecule has 0 aliphatic carbocycles. The lowest BCUT2D eigenvalue weighted by Gasteiger charge is -2.35. The fraction of sp³-hybridized carbons (Fsp3) is 0.588. The van der Waals surface area contributed by atoms with Gasteiger partial charge in [-0.3, -0.25) is 4.79 Å². The Morgan fingerprint density at radius 2 is 2.05 bits per heavy atom. The van der Waals surface area contributed by atoms with Crippen LogP contribution in [-0.2, 0) is 4.79 Å². The molecule has 21 heavy (non-hydrogen) atoms. The molecule has 0 radical (unpaired) electrons. The van der Waals surface area contributed by atoms with Gasteiger partial charge in [0.1, 0.15) is 5.75 Å². The van der Waals surface area contributed by atoms with E-state index < -0.39 is 0 Å². The molecule has 116 valence electrons. The Bertz CT molecular complexity index is 494. The summed E-state index contributed by atoms with van der Waals surface area (Å²) in [7, 11) is 0. The van der Waals surface area contributed by atoms with Gasteiger partial charge in [0.05, 0.1) is 18.7 Å². The Hall–Kier alpha value is -1.55. The summed E-state index contributed by atoms with van der Waals surface area (Å²) in [6, 6.07) is 8.02. The highest BCUT2D eigenvalue weighted by molar-refractivity contribution is 5.95. The number of hydrogen-bond donors (Lipinski definition) is 1. The first kappa shape index (κ1) is 15.8. The molecule has 1 amide bonds. The van der Waals surface area contributed by atoms with Crippen LogP contribution in [-0.4, -0.2) is 31.6 Å². The van der Waals surface area contributed by atoms with Gasteiger partial charge in [0, 0.05) is 12.6 Å². The van der Waals surface area contributed by atoms with Crippen molar-refractivity contribution in [3.8, 4) is 5.75 Å². The first-order valence-electron chi connectivity index (χ1n) is 7.69. The molecule has 4 heteroatoms. The van der Waals surface area contributed by atoms with Gasteiger partial charge < -0.3 is 15.0 Å². The highest BCUT2D eigenvalue weighted by atomic mass is 16.5. The normalized spacial score (nSPS) is 17.0. The number of carbonyl (C=O) groups excluding carboxylic acids is 1. The molecule has 0 saturated carbocycles. The molecule has 2 rings (SSSR count). The van der Waals surface area contributed by atoms with Crippen LogP contribution in [0.4, 0.5) is 5.69 Å². The van der Waals surface area contributed by atoms with Crippen molar-refractivity contribution in [2.24, 2.45) is 5.41 Å². The Kier molecular flexibility index (Phi) is 4.88. The van der Waals surface area contributed by atoms with E-state index in [9.17, 15) is 4.79 Å². The maximum absolute atomic E-state index is 12.5. The molecular formula is C17H26N2O2. The average Bonchev–Trinajstić information content (AvgIpc) is 2.57. The first-order chi connectivity index (χ1) is 9.93. The summed E-state index contributed by atoms with van der Waals surface area (Å²) >= 11 is 0. The van der Waals surface area contributed by atoms with E-state index >= 15 is 0 Å². The van der Waals surface area contributed by atoms with E-state index in [0.717, 1.165) is 18.0 Å². The molecule has 1 aromatic rings. The topological polar surface area (TPSA) is 41.6 Å². The average molecular weight is 290 g/mol. The monoisotopic (exact) mass is 290 g/mol. The number of nitrogens with zero attached hydrogens (tertiary/aromatic N) is 1. The number of benzene rings is 1. The van der Waals surface area contributed by atoms with Gasteiger partial charge in [0.25, 0.3) is 0 Å². The number of likely N-dealkylation sites (N-methyl/N-ethyl adjacent to an activating group) is 1. The van der Waals surface area contributed by atoms with Crippen LogP contribution >= 0.6 is 0 Å². The number of para-hydroxylation sites is 2. The highest BCUT2D eigenvalue weighted by Crippen LogP contribution is 2.32. The highest BCUT2D eigenvalue weighted by Gasteiger charge is 2.30. The fourth-order valence-electron chi connectivity index (χ4n) is 2.59. The van der Waals surface area contributed by atoms with Gasteiger partial charge in [-0.05, 0) is 24.1 Å². The minimum Gasteiger partial charge on any atom is -0.491 e. The van der Waals surface area contributed by atoms with E-state index in [1.807, 2.05) is 29.2 Å². The van der Waals surface area contributed by atoms with Crippen molar-refractivity contribution in [1.29, 1.82) is 0 Å². The van der Waals surface area contributed by atoms with E-state index in [1.165, 1.54) is 0 Å². The predicted octanol–water partition coefficient (Wildman–Crippen LogP) is 2.83. The second-order valence-electron chi connectivity index (χ2n) is 6.55. The van der Waals surface area contributed by atoms with Gasteiger partial charge in [-0.25, -0.2) is 0 Å². The molecule has 1 aromatic carbocycles. The lowest BCUT2D eigenvalue weighted by atomic mass is 9.86.